The predicted octanol–water partition coefficient (Wildman–Crippen LogP) is 3.44. The molecule has 1 atom stereocenters. The SMILES string of the molecule is CNC[C@@H]1CCN(C(=O)c2ccc(Oc3ccc(F)c(F)c3)cc2)C1. The van der Waals surface area contributed by atoms with Crippen LogP contribution in [0.5, 0.6) is 11.5 Å². The predicted molar refractivity (Wildman–Crippen MR) is 90.8 cm³/mol. The molecule has 0 aliphatic carbocycles. The van der Waals surface area contributed by atoms with Crippen LogP contribution in [0.4, 0.5) is 8.78 Å². The van der Waals surface area contributed by atoms with E-state index in [-0.39, 0.29) is 11.7 Å². The summed E-state index contributed by atoms with van der Waals surface area (Å²) in [6, 6.07) is 10.0. The van der Waals surface area contributed by atoms with E-state index in [4.69, 9.17) is 4.74 Å². The first-order chi connectivity index (χ1) is 12.1. The van der Waals surface area contributed by atoms with Crippen molar-refractivity contribution >= 4 is 5.91 Å². The number of nitrogens with zero attached hydrogens (tertiary/aromatic N) is 1. The van der Waals surface area contributed by atoms with Gasteiger partial charge in [-0.15, -0.1) is 0 Å². The number of benzene rings is 2. The van der Waals surface area contributed by atoms with Crippen molar-refractivity contribution in [2.45, 2.75) is 6.42 Å². The molecular formula is C19H20F2N2O2. The van der Waals surface area contributed by atoms with Gasteiger partial charge >= 0.3 is 0 Å². The molecule has 1 amide bonds. The van der Waals surface area contributed by atoms with Crippen LogP contribution in [0.25, 0.3) is 0 Å². The molecule has 0 spiro atoms. The highest BCUT2D eigenvalue weighted by Crippen LogP contribution is 2.24. The molecule has 0 aromatic heterocycles. The Balaban J connectivity index is 1.63. The Morgan fingerprint density at radius 2 is 1.88 bits per heavy atom. The molecule has 1 aliphatic rings. The van der Waals surface area contributed by atoms with E-state index in [1.54, 1.807) is 24.3 Å². The lowest BCUT2D eigenvalue weighted by atomic mass is 10.1. The monoisotopic (exact) mass is 346 g/mol. The quantitative estimate of drug-likeness (QED) is 0.902. The van der Waals surface area contributed by atoms with Crippen LogP contribution < -0.4 is 10.1 Å². The Bertz CT molecular complexity index is 750. The van der Waals surface area contributed by atoms with Gasteiger partial charge in [0.25, 0.3) is 5.91 Å². The van der Waals surface area contributed by atoms with E-state index >= 15 is 0 Å². The van der Waals surface area contributed by atoms with E-state index in [1.165, 1.54) is 6.07 Å². The molecule has 1 heterocycles. The number of hydrogen-bond donors (Lipinski definition) is 1. The number of carbonyl (C=O) groups is 1. The summed E-state index contributed by atoms with van der Waals surface area (Å²) in [4.78, 5) is 14.4. The summed E-state index contributed by atoms with van der Waals surface area (Å²) < 4.78 is 31.6. The summed E-state index contributed by atoms with van der Waals surface area (Å²) in [6.07, 6.45) is 1.00. The lowest BCUT2D eigenvalue weighted by molar-refractivity contribution is 0.0787. The zero-order valence-corrected chi connectivity index (χ0v) is 14.0. The van der Waals surface area contributed by atoms with Gasteiger partial charge in [-0.3, -0.25) is 4.79 Å². The Labute approximate surface area is 145 Å². The number of ether oxygens (including phenoxy) is 1. The second-order valence-corrected chi connectivity index (χ2v) is 6.17. The molecule has 0 radical (unpaired) electrons. The first-order valence-corrected chi connectivity index (χ1v) is 8.23. The molecule has 0 bridgehead atoms. The second kappa shape index (κ2) is 7.61. The largest absolute Gasteiger partial charge is 0.457 e. The zero-order valence-electron chi connectivity index (χ0n) is 14.0. The first kappa shape index (κ1) is 17.4. The van der Waals surface area contributed by atoms with Crippen molar-refractivity contribution < 1.29 is 18.3 Å². The van der Waals surface area contributed by atoms with Crippen LogP contribution in [-0.2, 0) is 0 Å². The maximum absolute atomic E-state index is 13.2. The minimum Gasteiger partial charge on any atom is -0.457 e. The van der Waals surface area contributed by atoms with Crippen molar-refractivity contribution in [3.8, 4) is 11.5 Å². The van der Waals surface area contributed by atoms with Crippen molar-refractivity contribution in [1.29, 1.82) is 0 Å². The van der Waals surface area contributed by atoms with Gasteiger partial charge in [0.2, 0.25) is 0 Å². The fourth-order valence-electron chi connectivity index (χ4n) is 3.00. The number of halogens is 2. The molecule has 6 heteroatoms. The highest BCUT2D eigenvalue weighted by Gasteiger charge is 2.26. The third-order valence-corrected chi connectivity index (χ3v) is 4.29. The molecule has 0 unspecified atom stereocenters. The van der Waals surface area contributed by atoms with Gasteiger partial charge in [-0.05, 0) is 62.3 Å². The number of rotatable bonds is 5. The molecule has 2 aromatic rings. The van der Waals surface area contributed by atoms with Crippen molar-refractivity contribution in [2.75, 3.05) is 26.7 Å². The van der Waals surface area contributed by atoms with E-state index in [2.05, 4.69) is 5.32 Å². The van der Waals surface area contributed by atoms with Crippen LogP contribution in [0.15, 0.2) is 42.5 Å². The van der Waals surface area contributed by atoms with Crippen LogP contribution in [-0.4, -0.2) is 37.5 Å². The molecule has 1 aliphatic heterocycles. The van der Waals surface area contributed by atoms with Crippen LogP contribution in [0, 0.1) is 17.6 Å². The molecule has 3 rings (SSSR count). The van der Waals surface area contributed by atoms with Gasteiger partial charge in [0.15, 0.2) is 11.6 Å². The number of likely N-dealkylation sites (tertiary alicyclic amines) is 1. The Morgan fingerprint density at radius 3 is 2.56 bits per heavy atom. The van der Waals surface area contributed by atoms with Gasteiger partial charge < -0.3 is 15.0 Å². The van der Waals surface area contributed by atoms with E-state index < -0.39 is 11.6 Å². The van der Waals surface area contributed by atoms with Gasteiger partial charge in [0.1, 0.15) is 11.5 Å². The average molecular weight is 346 g/mol. The van der Waals surface area contributed by atoms with Crippen LogP contribution in [0.2, 0.25) is 0 Å². The molecule has 4 nitrogen and oxygen atoms in total. The molecule has 132 valence electrons. The highest BCUT2D eigenvalue weighted by atomic mass is 19.2. The number of amides is 1. The Kier molecular flexibility index (Phi) is 5.28. The van der Waals surface area contributed by atoms with Gasteiger partial charge in [0, 0.05) is 24.7 Å². The number of carbonyl (C=O) groups excluding carboxylic acids is 1. The highest BCUT2D eigenvalue weighted by molar-refractivity contribution is 5.94. The van der Waals surface area contributed by atoms with E-state index in [0.29, 0.717) is 17.2 Å². The number of hydrogen-bond acceptors (Lipinski definition) is 3. The van der Waals surface area contributed by atoms with E-state index in [1.807, 2.05) is 11.9 Å². The summed E-state index contributed by atoms with van der Waals surface area (Å²) in [5.74, 6) is -0.739. The molecule has 1 saturated heterocycles. The van der Waals surface area contributed by atoms with E-state index in [9.17, 15) is 13.6 Å². The van der Waals surface area contributed by atoms with Gasteiger partial charge in [-0.2, -0.15) is 0 Å². The molecule has 25 heavy (non-hydrogen) atoms. The lowest BCUT2D eigenvalue weighted by Crippen LogP contribution is -2.30. The average Bonchev–Trinajstić information content (AvgIpc) is 3.07. The molecular weight excluding hydrogens is 326 g/mol. The maximum atomic E-state index is 13.2. The Hall–Kier alpha value is -2.47. The minimum absolute atomic E-state index is 0.00187. The van der Waals surface area contributed by atoms with Crippen LogP contribution in [0.1, 0.15) is 16.8 Å². The topological polar surface area (TPSA) is 41.6 Å². The summed E-state index contributed by atoms with van der Waals surface area (Å²) in [5.41, 5.74) is 0.586. The summed E-state index contributed by atoms with van der Waals surface area (Å²) in [5, 5.41) is 3.14. The molecule has 1 fully saturated rings. The van der Waals surface area contributed by atoms with Crippen LogP contribution in [0.3, 0.4) is 0 Å². The molecule has 2 aromatic carbocycles. The standard InChI is InChI=1S/C19H20F2N2O2/c1-22-11-13-8-9-23(12-13)19(24)14-2-4-15(5-3-14)25-16-6-7-17(20)18(21)10-16/h2-7,10,13,22H,8-9,11-12H2,1H3/t13-/m0/s1. The number of nitrogens with one attached hydrogen (secondary N) is 1. The first-order valence-electron chi connectivity index (χ1n) is 8.23. The van der Waals surface area contributed by atoms with Crippen molar-refractivity contribution in [3.05, 3.63) is 59.7 Å². The third-order valence-electron chi connectivity index (χ3n) is 4.29. The van der Waals surface area contributed by atoms with Gasteiger partial charge in [0.05, 0.1) is 0 Å². The zero-order chi connectivity index (χ0) is 17.8. The van der Waals surface area contributed by atoms with Gasteiger partial charge in [-0.25, -0.2) is 8.78 Å². The van der Waals surface area contributed by atoms with Crippen molar-refractivity contribution in [3.63, 3.8) is 0 Å². The molecule has 1 N–H and O–H groups in total. The summed E-state index contributed by atoms with van der Waals surface area (Å²) >= 11 is 0. The van der Waals surface area contributed by atoms with Gasteiger partial charge in [-0.1, -0.05) is 0 Å². The minimum atomic E-state index is -0.963. The molecule has 0 saturated carbocycles. The van der Waals surface area contributed by atoms with Crippen molar-refractivity contribution in [1.82, 2.24) is 10.2 Å². The maximum Gasteiger partial charge on any atom is 0.253 e. The normalized spacial score (nSPS) is 16.9. The van der Waals surface area contributed by atoms with Crippen LogP contribution >= 0.6 is 0 Å². The summed E-state index contributed by atoms with van der Waals surface area (Å²) in [6.45, 7) is 2.43. The van der Waals surface area contributed by atoms with Crippen molar-refractivity contribution in [2.24, 2.45) is 5.92 Å². The fourth-order valence-corrected chi connectivity index (χ4v) is 3.00. The Morgan fingerprint density at radius 1 is 1.16 bits per heavy atom. The fraction of sp³-hybridized carbons (Fsp3) is 0.316. The van der Waals surface area contributed by atoms with E-state index in [0.717, 1.165) is 38.2 Å². The smallest absolute Gasteiger partial charge is 0.253 e. The lowest BCUT2D eigenvalue weighted by Gasteiger charge is -2.17. The third kappa shape index (κ3) is 4.14. The second-order valence-electron chi connectivity index (χ2n) is 6.17. The summed E-state index contributed by atoms with van der Waals surface area (Å²) in [7, 11) is 1.91.